The quantitative estimate of drug-likeness (QED) is 0.477. The normalized spacial score (nSPS) is 14.6. The molecule has 0 N–H and O–H groups in total. The van der Waals surface area contributed by atoms with Gasteiger partial charge in [-0.3, -0.25) is 9.69 Å². The Morgan fingerprint density at radius 2 is 1.97 bits per heavy atom. The number of hydrogen-bond donors (Lipinski definition) is 0. The van der Waals surface area contributed by atoms with Crippen LogP contribution in [0.3, 0.4) is 0 Å². The van der Waals surface area contributed by atoms with E-state index >= 15 is 0 Å². The van der Waals surface area contributed by atoms with Gasteiger partial charge in [-0.05, 0) is 36.4 Å². The van der Waals surface area contributed by atoms with E-state index in [1.54, 1.807) is 11.4 Å². The topological polar surface area (TPSA) is 71.9 Å². The van der Waals surface area contributed by atoms with Gasteiger partial charge in [0.2, 0.25) is 11.8 Å². The first-order valence-electron chi connectivity index (χ1n) is 8.61. The SMILES string of the molecule is CC(=O)N(c1ccccc1)c1nc(C=C2N=C(c3cccc(F)c3)OC2=O)cs1. The van der Waals surface area contributed by atoms with Crippen molar-refractivity contribution in [3.8, 4) is 0 Å². The van der Waals surface area contributed by atoms with Gasteiger partial charge in [0.1, 0.15) is 5.82 Å². The summed E-state index contributed by atoms with van der Waals surface area (Å²) in [5, 5.41) is 2.18. The number of ether oxygens (including phenoxy) is 1. The molecule has 1 aromatic heterocycles. The number of benzene rings is 2. The molecule has 3 aromatic rings. The standard InChI is InChI=1S/C21H14FN3O3S/c1-13(26)25(17-8-3-2-4-9-17)21-23-16(12-29-21)11-18-20(27)28-19(24-18)14-6-5-7-15(22)10-14/h2-12H,1H3. The van der Waals surface area contributed by atoms with Crippen LogP contribution < -0.4 is 4.90 Å². The first-order valence-corrected chi connectivity index (χ1v) is 9.49. The molecule has 2 aromatic carbocycles. The summed E-state index contributed by atoms with van der Waals surface area (Å²) in [4.78, 5) is 34.3. The minimum absolute atomic E-state index is 0.0332. The summed E-state index contributed by atoms with van der Waals surface area (Å²) < 4.78 is 18.5. The molecule has 0 atom stereocenters. The Bertz CT molecular complexity index is 1150. The number of thiazole rings is 1. The first-order chi connectivity index (χ1) is 14.0. The van der Waals surface area contributed by atoms with Crippen molar-refractivity contribution in [2.75, 3.05) is 4.90 Å². The van der Waals surface area contributed by atoms with Crippen LogP contribution in [0.2, 0.25) is 0 Å². The molecule has 29 heavy (non-hydrogen) atoms. The number of anilines is 2. The number of hydrogen-bond acceptors (Lipinski definition) is 6. The highest BCUT2D eigenvalue weighted by Gasteiger charge is 2.25. The van der Waals surface area contributed by atoms with Gasteiger partial charge in [0.15, 0.2) is 10.8 Å². The van der Waals surface area contributed by atoms with Crippen LogP contribution in [-0.2, 0) is 14.3 Å². The number of nitrogens with zero attached hydrogens (tertiary/aromatic N) is 3. The Hall–Kier alpha value is -3.65. The van der Waals surface area contributed by atoms with Crippen molar-refractivity contribution in [1.29, 1.82) is 0 Å². The number of aliphatic imine (C=N–C) groups is 1. The average Bonchev–Trinajstić information content (AvgIpc) is 3.30. The number of halogens is 1. The zero-order chi connectivity index (χ0) is 20.4. The Labute approximate surface area is 169 Å². The maximum atomic E-state index is 13.4. The number of rotatable bonds is 4. The van der Waals surface area contributed by atoms with Gasteiger partial charge in [-0.25, -0.2) is 19.2 Å². The minimum atomic E-state index is -0.648. The summed E-state index contributed by atoms with van der Waals surface area (Å²) in [6.07, 6.45) is 1.47. The van der Waals surface area contributed by atoms with Crippen LogP contribution in [0, 0.1) is 5.82 Å². The predicted molar refractivity (Wildman–Crippen MR) is 108 cm³/mol. The van der Waals surface area contributed by atoms with Gasteiger partial charge >= 0.3 is 5.97 Å². The van der Waals surface area contributed by atoms with Gasteiger partial charge in [0, 0.05) is 17.9 Å². The molecule has 0 bridgehead atoms. The van der Waals surface area contributed by atoms with E-state index < -0.39 is 11.8 Å². The molecule has 8 heteroatoms. The number of aromatic nitrogens is 1. The summed E-state index contributed by atoms with van der Waals surface area (Å²) in [7, 11) is 0. The zero-order valence-electron chi connectivity index (χ0n) is 15.2. The van der Waals surface area contributed by atoms with Crippen LogP contribution in [0.15, 0.2) is 70.7 Å². The number of cyclic esters (lactones) is 1. The lowest BCUT2D eigenvalue weighted by Crippen LogP contribution is -2.22. The van der Waals surface area contributed by atoms with E-state index in [-0.39, 0.29) is 17.5 Å². The number of para-hydroxylation sites is 1. The van der Waals surface area contributed by atoms with Crippen molar-refractivity contribution in [3.63, 3.8) is 0 Å². The summed E-state index contributed by atoms with van der Waals surface area (Å²) in [5.41, 5.74) is 1.58. The molecule has 0 unspecified atom stereocenters. The molecule has 0 aliphatic carbocycles. The van der Waals surface area contributed by atoms with Crippen LogP contribution >= 0.6 is 11.3 Å². The minimum Gasteiger partial charge on any atom is -0.402 e. The Morgan fingerprint density at radius 1 is 1.17 bits per heavy atom. The fourth-order valence-electron chi connectivity index (χ4n) is 2.74. The van der Waals surface area contributed by atoms with E-state index in [1.165, 1.54) is 47.4 Å². The molecule has 0 saturated heterocycles. The monoisotopic (exact) mass is 407 g/mol. The second kappa shape index (κ2) is 7.76. The van der Waals surface area contributed by atoms with Crippen LogP contribution in [0.5, 0.6) is 0 Å². The molecule has 1 aliphatic heterocycles. The Morgan fingerprint density at radius 3 is 2.69 bits per heavy atom. The summed E-state index contributed by atoms with van der Waals surface area (Å²) in [5.74, 6) is -1.25. The smallest absolute Gasteiger partial charge is 0.363 e. The van der Waals surface area contributed by atoms with Crippen LogP contribution in [0.4, 0.5) is 15.2 Å². The summed E-state index contributed by atoms with van der Waals surface area (Å²) >= 11 is 1.26. The average molecular weight is 407 g/mol. The first kappa shape index (κ1) is 18.7. The third-order valence-electron chi connectivity index (χ3n) is 4.01. The number of carbonyl (C=O) groups is 2. The van der Waals surface area contributed by atoms with Crippen molar-refractivity contribution < 1.29 is 18.7 Å². The lowest BCUT2D eigenvalue weighted by molar-refractivity contribution is -0.130. The van der Waals surface area contributed by atoms with E-state index in [2.05, 4.69) is 9.98 Å². The highest BCUT2D eigenvalue weighted by molar-refractivity contribution is 7.14. The maximum Gasteiger partial charge on any atom is 0.363 e. The van der Waals surface area contributed by atoms with Crippen molar-refractivity contribution >= 4 is 46.0 Å². The van der Waals surface area contributed by atoms with Gasteiger partial charge < -0.3 is 4.74 Å². The molecule has 0 spiro atoms. The van der Waals surface area contributed by atoms with Gasteiger partial charge in [-0.1, -0.05) is 24.3 Å². The number of amides is 1. The highest BCUT2D eigenvalue weighted by atomic mass is 32.1. The summed E-state index contributed by atoms with van der Waals surface area (Å²) in [6, 6.07) is 14.8. The second-order valence-electron chi connectivity index (χ2n) is 6.09. The molecule has 144 valence electrons. The molecule has 0 saturated carbocycles. The van der Waals surface area contributed by atoms with E-state index in [9.17, 15) is 14.0 Å². The molecule has 1 aliphatic rings. The lowest BCUT2D eigenvalue weighted by Gasteiger charge is -2.17. The van der Waals surface area contributed by atoms with Gasteiger partial charge in [-0.2, -0.15) is 0 Å². The second-order valence-corrected chi connectivity index (χ2v) is 6.93. The molecule has 6 nitrogen and oxygen atoms in total. The molecule has 1 amide bonds. The fourth-order valence-corrected chi connectivity index (χ4v) is 3.59. The van der Waals surface area contributed by atoms with E-state index in [4.69, 9.17) is 4.74 Å². The Balaban J connectivity index is 1.63. The van der Waals surface area contributed by atoms with Crippen LogP contribution in [0.25, 0.3) is 6.08 Å². The lowest BCUT2D eigenvalue weighted by atomic mass is 10.2. The largest absolute Gasteiger partial charge is 0.402 e. The number of esters is 1. The van der Waals surface area contributed by atoms with Crippen molar-refractivity contribution in [1.82, 2.24) is 4.98 Å². The van der Waals surface area contributed by atoms with Crippen LogP contribution in [0.1, 0.15) is 18.2 Å². The maximum absolute atomic E-state index is 13.4. The van der Waals surface area contributed by atoms with Crippen molar-refractivity contribution in [2.45, 2.75) is 6.92 Å². The molecular formula is C21H14FN3O3S. The number of carbonyl (C=O) groups excluding carboxylic acids is 2. The zero-order valence-corrected chi connectivity index (χ0v) is 16.0. The van der Waals surface area contributed by atoms with Crippen molar-refractivity contribution in [2.24, 2.45) is 4.99 Å². The van der Waals surface area contributed by atoms with Gasteiger partial charge in [-0.15, -0.1) is 11.3 Å². The summed E-state index contributed by atoms with van der Waals surface area (Å²) in [6.45, 7) is 1.45. The predicted octanol–water partition coefficient (Wildman–Crippen LogP) is 4.31. The Kier molecular flexibility index (Phi) is 5.01. The molecular weight excluding hydrogens is 393 g/mol. The van der Waals surface area contributed by atoms with E-state index in [0.29, 0.717) is 22.1 Å². The highest BCUT2D eigenvalue weighted by Crippen LogP contribution is 2.30. The van der Waals surface area contributed by atoms with E-state index in [1.807, 2.05) is 30.3 Å². The molecule has 4 rings (SSSR count). The van der Waals surface area contributed by atoms with E-state index in [0.717, 1.165) is 0 Å². The fraction of sp³-hybridized carbons (Fsp3) is 0.0476. The third-order valence-corrected chi connectivity index (χ3v) is 4.85. The van der Waals surface area contributed by atoms with Crippen molar-refractivity contribution in [3.05, 3.63) is 82.7 Å². The molecule has 0 fully saturated rings. The van der Waals surface area contributed by atoms with Crippen LogP contribution in [-0.4, -0.2) is 22.8 Å². The van der Waals surface area contributed by atoms with Gasteiger partial charge in [0.05, 0.1) is 11.4 Å². The third kappa shape index (κ3) is 3.97. The molecule has 2 heterocycles. The molecule has 0 radical (unpaired) electrons. The van der Waals surface area contributed by atoms with Gasteiger partial charge in [0.25, 0.3) is 0 Å².